The molecule has 6 nitrogen and oxygen atoms in total. The zero-order valence-electron chi connectivity index (χ0n) is 14.7. The molecule has 1 N–H and O–H groups in total. The number of methoxy groups -OCH3 is 1. The first kappa shape index (κ1) is 18.1. The SMILES string of the molecule is COc1cc(C=Nc2cccnc2)ccc1OCc1cccc(C(=O)O)c1. The molecular formula is C21H18N2O4. The number of ether oxygens (including phenoxy) is 2. The molecule has 1 heterocycles. The number of nitrogens with zero attached hydrogens (tertiary/aromatic N) is 2. The van der Waals surface area contributed by atoms with Crippen molar-refractivity contribution in [3.8, 4) is 11.5 Å². The average molecular weight is 362 g/mol. The number of aromatic carboxylic acids is 1. The molecule has 0 saturated carbocycles. The van der Waals surface area contributed by atoms with E-state index in [9.17, 15) is 4.79 Å². The standard InChI is InChI=1S/C21H18N2O4/c1-26-20-11-15(12-23-18-6-3-9-22-13-18)7-8-19(20)27-14-16-4-2-5-17(10-16)21(24)25/h2-13H,14H2,1H3,(H,24,25). The van der Waals surface area contributed by atoms with Crippen LogP contribution in [0.4, 0.5) is 5.69 Å². The predicted molar refractivity (Wildman–Crippen MR) is 102 cm³/mol. The van der Waals surface area contributed by atoms with Gasteiger partial charge in [-0.05, 0) is 53.6 Å². The largest absolute Gasteiger partial charge is 0.493 e. The van der Waals surface area contributed by atoms with Gasteiger partial charge in [-0.1, -0.05) is 12.1 Å². The van der Waals surface area contributed by atoms with Crippen LogP contribution < -0.4 is 9.47 Å². The third-order valence-electron chi connectivity index (χ3n) is 3.76. The Kier molecular flexibility index (Phi) is 5.79. The molecule has 0 bridgehead atoms. The van der Waals surface area contributed by atoms with Crippen molar-refractivity contribution < 1.29 is 19.4 Å². The molecule has 0 atom stereocenters. The van der Waals surface area contributed by atoms with Gasteiger partial charge in [0, 0.05) is 12.4 Å². The van der Waals surface area contributed by atoms with E-state index in [-0.39, 0.29) is 12.2 Å². The molecule has 0 unspecified atom stereocenters. The summed E-state index contributed by atoms with van der Waals surface area (Å²) in [7, 11) is 1.56. The normalized spacial score (nSPS) is 10.7. The summed E-state index contributed by atoms with van der Waals surface area (Å²) in [4.78, 5) is 19.4. The number of hydrogen-bond donors (Lipinski definition) is 1. The van der Waals surface area contributed by atoms with Crippen molar-refractivity contribution in [3.63, 3.8) is 0 Å². The van der Waals surface area contributed by atoms with Gasteiger partial charge in [0.2, 0.25) is 0 Å². The summed E-state index contributed by atoms with van der Waals surface area (Å²) in [6.45, 7) is 0.237. The summed E-state index contributed by atoms with van der Waals surface area (Å²) in [6, 6.07) is 15.8. The maximum atomic E-state index is 11.1. The minimum atomic E-state index is -0.966. The van der Waals surface area contributed by atoms with Gasteiger partial charge >= 0.3 is 5.97 Å². The lowest BCUT2D eigenvalue weighted by molar-refractivity contribution is 0.0696. The first-order valence-electron chi connectivity index (χ1n) is 8.23. The Balaban J connectivity index is 1.72. The number of rotatable bonds is 7. The van der Waals surface area contributed by atoms with E-state index in [0.29, 0.717) is 11.5 Å². The van der Waals surface area contributed by atoms with Crippen molar-refractivity contribution in [2.24, 2.45) is 4.99 Å². The molecule has 0 aliphatic carbocycles. The van der Waals surface area contributed by atoms with E-state index in [1.165, 1.54) is 0 Å². The molecule has 0 aliphatic heterocycles. The fourth-order valence-electron chi connectivity index (χ4n) is 2.42. The molecule has 0 fully saturated rings. The monoisotopic (exact) mass is 362 g/mol. The summed E-state index contributed by atoms with van der Waals surface area (Å²) in [5.41, 5.74) is 2.61. The highest BCUT2D eigenvalue weighted by molar-refractivity contribution is 5.87. The molecule has 0 amide bonds. The number of aliphatic imine (C=N–C) groups is 1. The maximum Gasteiger partial charge on any atom is 0.335 e. The number of aromatic nitrogens is 1. The van der Waals surface area contributed by atoms with Gasteiger partial charge in [-0.25, -0.2) is 4.79 Å². The fourth-order valence-corrected chi connectivity index (χ4v) is 2.42. The molecule has 3 aromatic rings. The van der Waals surface area contributed by atoms with E-state index in [1.807, 2.05) is 30.3 Å². The van der Waals surface area contributed by atoms with Gasteiger partial charge in [-0.3, -0.25) is 9.98 Å². The Morgan fingerprint density at radius 2 is 2.04 bits per heavy atom. The minimum absolute atomic E-state index is 0.227. The molecule has 0 spiro atoms. The van der Waals surface area contributed by atoms with E-state index >= 15 is 0 Å². The lowest BCUT2D eigenvalue weighted by atomic mass is 10.1. The molecule has 2 aromatic carbocycles. The molecule has 3 rings (SSSR count). The molecule has 136 valence electrons. The molecule has 1 aromatic heterocycles. The van der Waals surface area contributed by atoms with Crippen molar-refractivity contribution in [3.05, 3.63) is 83.7 Å². The highest BCUT2D eigenvalue weighted by Crippen LogP contribution is 2.28. The lowest BCUT2D eigenvalue weighted by Gasteiger charge is -2.11. The Bertz CT molecular complexity index is 955. The number of carbonyl (C=O) groups is 1. The molecule has 0 aliphatic rings. The summed E-state index contributed by atoms with van der Waals surface area (Å²) in [5, 5.41) is 9.06. The van der Waals surface area contributed by atoms with Crippen LogP contribution in [0.5, 0.6) is 11.5 Å². The molecule has 27 heavy (non-hydrogen) atoms. The molecule has 0 radical (unpaired) electrons. The topological polar surface area (TPSA) is 81.0 Å². The van der Waals surface area contributed by atoms with E-state index in [4.69, 9.17) is 14.6 Å². The van der Waals surface area contributed by atoms with E-state index in [2.05, 4.69) is 9.98 Å². The quantitative estimate of drug-likeness (QED) is 0.640. The number of carboxylic acid groups (broad SMARTS) is 1. The highest BCUT2D eigenvalue weighted by atomic mass is 16.5. The lowest BCUT2D eigenvalue weighted by Crippen LogP contribution is -2.01. The van der Waals surface area contributed by atoms with Gasteiger partial charge in [0.25, 0.3) is 0 Å². The van der Waals surface area contributed by atoms with Crippen LogP contribution >= 0.6 is 0 Å². The highest BCUT2D eigenvalue weighted by Gasteiger charge is 2.07. The van der Waals surface area contributed by atoms with Crippen LogP contribution in [0.2, 0.25) is 0 Å². The molecular weight excluding hydrogens is 344 g/mol. The van der Waals surface area contributed by atoms with Gasteiger partial charge in [0.05, 0.1) is 24.6 Å². The van der Waals surface area contributed by atoms with Gasteiger partial charge in [-0.2, -0.15) is 0 Å². The van der Waals surface area contributed by atoms with Crippen molar-refractivity contribution in [2.45, 2.75) is 6.61 Å². The maximum absolute atomic E-state index is 11.1. The van der Waals surface area contributed by atoms with Crippen LogP contribution in [0, 0.1) is 0 Å². The summed E-state index contributed by atoms with van der Waals surface area (Å²) < 4.78 is 11.2. The van der Waals surface area contributed by atoms with Gasteiger partial charge < -0.3 is 14.6 Å². The van der Waals surface area contributed by atoms with Crippen LogP contribution in [0.15, 0.2) is 72.0 Å². The number of pyridine rings is 1. The summed E-state index contributed by atoms with van der Waals surface area (Å²) >= 11 is 0. The van der Waals surface area contributed by atoms with Crippen molar-refractivity contribution in [1.82, 2.24) is 4.98 Å². The number of carboxylic acids is 1. The van der Waals surface area contributed by atoms with Crippen molar-refractivity contribution in [1.29, 1.82) is 0 Å². The first-order chi connectivity index (χ1) is 13.2. The average Bonchev–Trinajstić information content (AvgIpc) is 2.72. The van der Waals surface area contributed by atoms with Gasteiger partial charge in [-0.15, -0.1) is 0 Å². The first-order valence-corrected chi connectivity index (χ1v) is 8.23. The molecule has 0 saturated heterocycles. The minimum Gasteiger partial charge on any atom is -0.493 e. The van der Waals surface area contributed by atoms with Crippen molar-refractivity contribution in [2.75, 3.05) is 7.11 Å². The van der Waals surface area contributed by atoms with Crippen LogP contribution in [-0.4, -0.2) is 29.4 Å². The fraction of sp³-hybridized carbons (Fsp3) is 0.0952. The number of benzene rings is 2. The Morgan fingerprint density at radius 3 is 2.78 bits per heavy atom. The van der Waals surface area contributed by atoms with E-state index in [0.717, 1.165) is 16.8 Å². The Labute approximate surface area is 156 Å². The van der Waals surface area contributed by atoms with E-state index in [1.54, 1.807) is 50.0 Å². The Morgan fingerprint density at radius 1 is 1.15 bits per heavy atom. The van der Waals surface area contributed by atoms with Gasteiger partial charge in [0.15, 0.2) is 11.5 Å². The van der Waals surface area contributed by atoms with Crippen LogP contribution in [-0.2, 0) is 6.61 Å². The zero-order valence-corrected chi connectivity index (χ0v) is 14.7. The second-order valence-electron chi connectivity index (χ2n) is 5.67. The van der Waals surface area contributed by atoms with Gasteiger partial charge in [0.1, 0.15) is 6.61 Å². The zero-order chi connectivity index (χ0) is 19.1. The third kappa shape index (κ3) is 4.92. The van der Waals surface area contributed by atoms with Crippen LogP contribution in [0.25, 0.3) is 0 Å². The summed E-state index contributed by atoms with van der Waals surface area (Å²) in [6.07, 6.45) is 5.09. The van der Waals surface area contributed by atoms with Crippen LogP contribution in [0.3, 0.4) is 0 Å². The molecule has 6 heteroatoms. The smallest absolute Gasteiger partial charge is 0.335 e. The Hall–Kier alpha value is -3.67. The third-order valence-corrected chi connectivity index (χ3v) is 3.76. The van der Waals surface area contributed by atoms with E-state index < -0.39 is 5.97 Å². The number of hydrogen-bond acceptors (Lipinski definition) is 5. The summed E-state index contributed by atoms with van der Waals surface area (Å²) in [5.74, 6) is 0.169. The van der Waals surface area contributed by atoms with Crippen LogP contribution in [0.1, 0.15) is 21.5 Å². The predicted octanol–water partition coefficient (Wildman–Crippen LogP) is 4.12. The second-order valence-corrected chi connectivity index (χ2v) is 5.67. The second kappa shape index (κ2) is 8.62. The van der Waals surface area contributed by atoms with Crippen molar-refractivity contribution >= 4 is 17.9 Å².